The van der Waals surface area contributed by atoms with Crippen molar-refractivity contribution < 1.29 is 23.7 Å². The standard InChI is InChI=1S/C27H34FN3O4/c1-2-26-29-10-12-31(26)11-5-14-34-24-8-3-6-22(16-24)18-30-13-15-33-20-27(32,19-30)21-35-25-9-4-7-23(28)17-25/h3-4,6-10,12,16-17,32H,2,5,11,13-15,18-21H2,1H3. The largest absolute Gasteiger partial charge is 0.494 e. The maximum atomic E-state index is 13.4. The minimum absolute atomic E-state index is 0.0206. The van der Waals surface area contributed by atoms with Crippen molar-refractivity contribution in [2.75, 3.05) is 39.5 Å². The minimum atomic E-state index is -1.19. The summed E-state index contributed by atoms with van der Waals surface area (Å²) in [6, 6.07) is 14.0. The van der Waals surface area contributed by atoms with Gasteiger partial charge < -0.3 is 23.9 Å². The second-order valence-corrected chi connectivity index (χ2v) is 8.97. The van der Waals surface area contributed by atoms with Crippen LogP contribution in [0.2, 0.25) is 0 Å². The van der Waals surface area contributed by atoms with Crippen molar-refractivity contribution in [3.63, 3.8) is 0 Å². The van der Waals surface area contributed by atoms with Gasteiger partial charge >= 0.3 is 0 Å². The third kappa shape index (κ3) is 7.52. The Kier molecular flexibility index (Phi) is 8.74. The van der Waals surface area contributed by atoms with E-state index in [2.05, 4.69) is 27.4 Å². The molecule has 1 fully saturated rings. The van der Waals surface area contributed by atoms with Crippen LogP contribution in [-0.2, 0) is 24.2 Å². The third-order valence-electron chi connectivity index (χ3n) is 5.98. The number of aryl methyl sites for hydroxylation is 2. The first-order chi connectivity index (χ1) is 17.0. The van der Waals surface area contributed by atoms with Gasteiger partial charge in [-0.05, 0) is 36.2 Å². The Balaban J connectivity index is 1.28. The third-order valence-corrected chi connectivity index (χ3v) is 5.98. The number of imidazole rings is 1. The number of hydrogen-bond donors (Lipinski definition) is 1. The lowest BCUT2D eigenvalue weighted by Gasteiger charge is -2.30. The van der Waals surface area contributed by atoms with Gasteiger partial charge in [0, 0.05) is 51.1 Å². The fraction of sp³-hybridized carbons (Fsp3) is 0.444. The van der Waals surface area contributed by atoms with Gasteiger partial charge in [0.05, 0.1) is 19.8 Å². The summed E-state index contributed by atoms with van der Waals surface area (Å²) in [5.74, 6) is 1.94. The van der Waals surface area contributed by atoms with Crippen LogP contribution in [0.25, 0.3) is 0 Å². The number of hydrogen-bond acceptors (Lipinski definition) is 6. The Labute approximate surface area is 206 Å². The molecule has 1 saturated heterocycles. The van der Waals surface area contributed by atoms with E-state index in [-0.39, 0.29) is 19.0 Å². The molecule has 1 unspecified atom stereocenters. The van der Waals surface area contributed by atoms with Crippen molar-refractivity contribution in [1.29, 1.82) is 0 Å². The first-order valence-electron chi connectivity index (χ1n) is 12.2. The maximum Gasteiger partial charge on any atom is 0.134 e. The summed E-state index contributed by atoms with van der Waals surface area (Å²) in [7, 11) is 0. The molecule has 7 nitrogen and oxygen atoms in total. The average molecular weight is 484 g/mol. The monoisotopic (exact) mass is 483 g/mol. The van der Waals surface area contributed by atoms with Crippen LogP contribution in [0.15, 0.2) is 60.9 Å². The molecule has 2 heterocycles. The molecule has 1 aromatic heterocycles. The molecule has 1 N–H and O–H groups in total. The highest BCUT2D eigenvalue weighted by Gasteiger charge is 2.33. The number of ether oxygens (including phenoxy) is 3. The van der Waals surface area contributed by atoms with Gasteiger partial charge in [-0.1, -0.05) is 25.1 Å². The lowest BCUT2D eigenvalue weighted by molar-refractivity contribution is -0.0647. The topological polar surface area (TPSA) is 69.0 Å². The van der Waals surface area contributed by atoms with Gasteiger partial charge in [0.1, 0.15) is 35.3 Å². The Bertz CT molecular complexity index is 1080. The lowest BCUT2D eigenvalue weighted by atomic mass is 10.1. The van der Waals surface area contributed by atoms with E-state index in [0.717, 1.165) is 36.5 Å². The van der Waals surface area contributed by atoms with Crippen molar-refractivity contribution in [3.8, 4) is 11.5 Å². The van der Waals surface area contributed by atoms with Gasteiger partial charge in [-0.15, -0.1) is 0 Å². The highest BCUT2D eigenvalue weighted by atomic mass is 19.1. The normalized spacial score (nSPS) is 18.8. The lowest BCUT2D eigenvalue weighted by Crippen LogP contribution is -2.48. The van der Waals surface area contributed by atoms with Gasteiger partial charge in [-0.3, -0.25) is 4.90 Å². The van der Waals surface area contributed by atoms with Crippen LogP contribution in [0.5, 0.6) is 11.5 Å². The molecule has 0 spiro atoms. The van der Waals surface area contributed by atoms with Crippen molar-refractivity contribution >= 4 is 0 Å². The van der Waals surface area contributed by atoms with E-state index >= 15 is 0 Å². The molecule has 35 heavy (non-hydrogen) atoms. The van der Waals surface area contributed by atoms with Crippen LogP contribution < -0.4 is 9.47 Å². The van der Waals surface area contributed by atoms with E-state index in [9.17, 15) is 9.50 Å². The smallest absolute Gasteiger partial charge is 0.134 e. The maximum absolute atomic E-state index is 13.4. The quantitative estimate of drug-likeness (QED) is 0.420. The van der Waals surface area contributed by atoms with Crippen LogP contribution in [-0.4, -0.2) is 64.7 Å². The van der Waals surface area contributed by atoms with Gasteiger partial charge in [0.25, 0.3) is 0 Å². The molecule has 0 aliphatic carbocycles. The van der Waals surface area contributed by atoms with Gasteiger partial charge in [-0.2, -0.15) is 0 Å². The second kappa shape index (κ2) is 12.2. The first-order valence-corrected chi connectivity index (χ1v) is 12.2. The fourth-order valence-electron chi connectivity index (χ4n) is 4.27. The summed E-state index contributed by atoms with van der Waals surface area (Å²) in [4.78, 5) is 6.50. The Hall–Kier alpha value is -2.94. The molecule has 1 aliphatic rings. The molecule has 0 radical (unpaired) electrons. The summed E-state index contributed by atoms with van der Waals surface area (Å²) >= 11 is 0. The van der Waals surface area contributed by atoms with E-state index in [0.29, 0.717) is 38.6 Å². The van der Waals surface area contributed by atoms with Gasteiger partial charge in [0.15, 0.2) is 0 Å². The van der Waals surface area contributed by atoms with Crippen molar-refractivity contribution in [3.05, 3.63) is 78.1 Å². The summed E-state index contributed by atoms with van der Waals surface area (Å²) in [6.45, 7) is 6.05. The Morgan fingerprint density at radius 3 is 2.80 bits per heavy atom. The van der Waals surface area contributed by atoms with Crippen LogP contribution in [0.1, 0.15) is 24.7 Å². The molecular weight excluding hydrogens is 449 g/mol. The van der Waals surface area contributed by atoms with Crippen LogP contribution >= 0.6 is 0 Å². The van der Waals surface area contributed by atoms with Crippen molar-refractivity contribution in [2.24, 2.45) is 0 Å². The van der Waals surface area contributed by atoms with Crippen molar-refractivity contribution in [2.45, 2.75) is 38.5 Å². The zero-order valence-electron chi connectivity index (χ0n) is 20.2. The van der Waals surface area contributed by atoms with E-state index in [4.69, 9.17) is 14.2 Å². The Morgan fingerprint density at radius 1 is 1.14 bits per heavy atom. The van der Waals surface area contributed by atoms with Crippen LogP contribution in [0.3, 0.4) is 0 Å². The summed E-state index contributed by atoms with van der Waals surface area (Å²) in [5.41, 5.74) is -0.0950. The number of rotatable bonds is 11. The molecule has 188 valence electrons. The molecule has 0 amide bonds. The number of benzene rings is 2. The molecule has 0 saturated carbocycles. The highest BCUT2D eigenvalue weighted by molar-refractivity contribution is 5.28. The van der Waals surface area contributed by atoms with E-state index in [1.807, 2.05) is 30.6 Å². The molecule has 1 aliphatic heterocycles. The molecule has 3 aromatic rings. The predicted octanol–water partition coefficient (Wildman–Crippen LogP) is 3.70. The molecule has 0 bridgehead atoms. The number of halogens is 1. The zero-order valence-corrected chi connectivity index (χ0v) is 20.2. The summed E-state index contributed by atoms with van der Waals surface area (Å²) in [6.07, 6.45) is 5.67. The number of aromatic nitrogens is 2. The zero-order chi connectivity index (χ0) is 24.5. The molecular formula is C27H34FN3O4. The number of nitrogens with zero attached hydrogens (tertiary/aromatic N) is 3. The van der Waals surface area contributed by atoms with E-state index in [1.165, 1.54) is 12.1 Å². The van der Waals surface area contributed by atoms with Crippen LogP contribution in [0.4, 0.5) is 4.39 Å². The number of aliphatic hydroxyl groups is 1. The molecule has 1 atom stereocenters. The second-order valence-electron chi connectivity index (χ2n) is 8.97. The predicted molar refractivity (Wildman–Crippen MR) is 131 cm³/mol. The summed E-state index contributed by atoms with van der Waals surface area (Å²) in [5, 5.41) is 11.1. The average Bonchev–Trinajstić information content (AvgIpc) is 3.23. The first kappa shape index (κ1) is 25.2. The molecule has 2 aromatic carbocycles. The number of β-amino-alcohol motifs (C(OH)–C–C–N with tert-alkyl or cyclic N) is 1. The van der Waals surface area contributed by atoms with Gasteiger partial charge in [0.2, 0.25) is 0 Å². The van der Waals surface area contributed by atoms with Crippen molar-refractivity contribution in [1.82, 2.24) is 14.5 Å². The van der Waals surface area contributed by atoms with E-state index < -0.39 is 5.60 Å². The van der Waals surface area contributed by atoms with Crippen LogP contribution in [0, 0.1) is 5.82 Å². The Morgan fingerprint density at radius 2 is 1.97 bits per heavy atom. The fourth-order valence-corrected chi connectivity index (χ4v) is 4.27. The minimum Gasteiger partial charge on any atom is -0.494 e. The summed E-state index contributed by atoms with van der Waals surface area (Å²) < 4.78 is 32.9. The molecule has 8 heteroatoms. The van der Waals surface area contributed by atoms with Gasteiger partial charge in [-0.25, -0.2) is 9.37 Å². The molecule has 4 rings (SSSR count). The highest BCUT2D eigenvalue weighted by Crippen LogP contribution is 2.20. The van der Waals surface area contributed by atoms with E-state index in [1.54, 1.807) is 12.1 Å². The SMILES string of the molecule is CCc1nccn1CCCOc1cccc(CN2CCOCC(O)(COc3cccc(F)c3)C2)c1.